The van der Waals surface area contributed by atoms with E-state index in [1.165, 1.54) is 21.2 Å². The molecule has 2 aromatic rings. The smallest absolute Gasteiger partial charge is 0.407 e. The van der Waals surface area contributed by atoms with E-state index in [-0.39, 0.29) is 0 Å². The third-order valence-electron chi connectivity index (χ3n) is 4.01. The van der Waals surface area contributed by atoms with Crippen molar-refractivity contribution in [3.63, 3.8) is 0 Å². The minimum Gasteiger partial charge on any atom is -0.465 e. The van der Waals surface area contributed by atoms with Crippen LogP contribution in [0.2, 0.25) is 0 Å². The van der Waals surface area contributed by atoms with Crippen LogP contribution in [0, 0.1) is 0 Å². The number of hydrogen-bond donors (Lipinski definition) is 1. The van der Waals surface area contributed by atoms with Crippen molar-refractivity contribution in [2.75, 3.05) is 13.1 Å². The van der Waals surface area contributed by atoms with Crippen LogP contribution in [0.3, 0.4) is 0 Å². The summed E-state index contributed by atoms with van der Waals surface area (Å²) in [6, 6.07) is 14.9. The zero-order valence-corrected chi connectivity index (χ0v) is 10.7. The number of piperidine rings is 1. The Morgan fingerprint density at radius 3 is 2.42 bits per heavy atom. The van der Waals surface area contributed by atoms with E-state index in [1.807, 2.05) is 6.07 Å². The molecule has 1 fully saturated rings. The summed E-state index contributed by atoms with van der Waals surface area (Å²) in [7, 11) is 0. The van der Waals surface area contributed by atoms with Gasteiger partial charge >= 0.3 is 6.09 Å². The van der Waals surface area contributed by atoms with E-state index in [2.05, 4.69) is 36.4 Å². The van der Waals surface area contributed by atoms with Gasteiger partial charge in [0.05, 0.1) is 0 Å². The van der Waals surface area contributed by atoms with Crippen LogP contribution in [0.15, 0.2) is 42.5 Å². The van der Waals surface area contributed by atoms with Gasteiger partial charge in [0.1, 0.15) is 0 Å². The Labute approximate surface area is 112 Å². The lowest BCUT2D eigenvalue weighted by Gasteiger charge is -2.30. The number of rotatable bonds is 1. The van der Waals surface area contributed by atoms with Gasteiger partial charge in [0.2, 0.25) is 0 Å². The van der Waals surface area contributed by atoms with Gasteiger partial charge in [-0.1, -0.05) is 42.5 Å². The molecule has 0 bridgehead atoms. The first kappa shape index (κ1) is 12.0. The van der Waals surface area contributed by atoms with E-state index in [1.54, 1.807) is 0 Å². The van der Waals surface area contributed by atoms with Crippen molar-refractivity contribution in [2.24, 2.45) is 0 Å². The van der Waals surface area contributed by atoms with E-state index >= 15 is 0 Å². The number of likely N-dealkylation sites (tertiary alicyclic amines) is 1. The third kappa shape index (κ3) is 2.41. The van der Waals surface area contributed by atoms with Crippen LogP contribution in [-0.2, 0) is 0 Å². The van der Waals surface area contributed by atoms with Gasteiger partial charge in [-0.3, -0.25) is 0 Å². The number of carbonyl (C=O) groups is 1. The first-order valence-electron chi connectivity index (χ1n) is 6.70. The molecule has 19 heavy (non-hydrogen) atoms. The molecule has 0 saturated carbocycles. The molecule has 1 heterocycles. The third-order valence-corrected chi connectivity index (χ3v) is 4.01. The molecule has 3 nitrogen and oxygen atoms in total. The highest BCUT2D eigenvalue weighted by Gasteiger charge is 2.23. The summed E-state index contributed by atoms with van der Waals surface area (Å²) in [5.74, 6) is 0.486. The van der Waals surface area contributed by atoms with Crippen molar-refractivity contribution in [3.8, 4) is 0 Å². The molecule has 98 valence electrons. The largest absolute Gasteiger partial charge is 0.465 e. The summed E-state index contributed by atoms with van der Waals surface area (Å²) in [6.07, 6.45) is 1.05. The fraction of sp³-hybridized carbons (Fsp3) is 0.312. The van der Waals surface area contributed by atoms with Gasteiger partial charge in [-0.15, -0.1) is 0 Å². The second-order valence-corrected chi connectivity index (χ2v) is 5.15. The Hall–Kier alpha value is -2.03. The van der Waals surface area contributed by atoms with Crippen molar-refractivity contribution >= 4 is 16.9 Å². The molecule has 2 aromatic carbocycles. The van der Waals surface area contributed by atoms with Gasteiger partial charge in [0.25, 0.3) is 0 Å². The first-order chi connectivity index (χ1) is 9.24. The number of nitrogens with zero attached hydrogens (tertiary/aromatic N) is 1. The van der Waals surface area contributed by atoms with Crippen LogP contribution in [-0.4, -0.2) is 29.2 Å². The van der Waals surface area contributed by atoms with Crippen LogP contribution in [0.4, 0.5) is 4.79 Å². The maximum Gasteiger partial charge on any atom is 0.407 e. The molecule has 1 saturated heterocycles. The number of hydrogen-bond acceptors (Lipinski definition) is 1. The van der Waals surface area contributed by atoms with E-state index in [0.717, 1.165) is 12.8 Å². The predicted molar refractivity (Wildman–Crippen MR) is 75.5 cm³/mol. The van der Waals surface area contributed by atoms with Gasteiger partial charge < -0.3 is 10.0 Å². The molecule has 3 heteroatoms. The van der Waals surface area contributed by atoms with Crippen LogP contribution < -0.4 is 0 Å². The molecule has 1 aliphatic heterocycles. The topological polar surface area (TPSA) is 40.5 Å². The average Bonchev–Trinajstić information content (AvgIpc) is 2.47. The fourth-order valence-corrected chi connectivity index (χ4v) is 2.87. The monoisotopic (exact) mass is 255 g/mol. The fourth-order valence-electron chi connectivity index (χ4n) is 2.87. The molecule has 0 radical (unpaired) electrons. The molecule has 1 amide bonds. The minimum atomic E-state index is -0.794. The number of carboxylic acid groups (broad SMARTS) is 1. The highest BCUT2D eigenvalue weighted by molar-refractivity contribution is 5.83. The Morgan fingerprint density at radius 1 is 1.05 bits per heavy atom. The summed E-state index contributed by atoms with van der Waals surface area (Å²) in [4.78, 5) is 12.4. The van der Waals surface area contributed by atoms with Crippen molar-refractivity contribution < 1.29 is 9.90 Å². The van der Waals surface area contributed by atoms with E-state index < -0.39 is 6.09 Å². The second-order valence-electron chi connectivity index (χ2n) is 5.15. The summed E-state index contributed by atoms with van der Waals surface area (Å²) >= 11 is 0. The number of amides is 1. The highest BCUT2D eigenvalue weighted by Crippen LogP contribution is 2.30. The van der Waals surface area contributed by atoms with Crippen molar-refractivity contribution in [3.05, 3.63) is 48.0 Å². The summed E-state index contributed by atoms with van der Waals surface area (Å²) < 4.78 is 0. The molecule has 0 aromatic heterocycles. The van der Waals surface area contributed by atoms with Crippen molar-refractivity contribution in [2.45, 2.75) is 18.8 Å². The van der Waals surface area contributed by atoms with E-state index in [9.17, 15) is 4.79 Å². The zero-order valence-electron chi connectivity index (χ0n) is 10.7. The molecule has 0 unspecified atom stereocenters. The SMILES string of the molecule is O=C(O)N1CCC(c2ccc3ccccc3c2)CC1. The Bertz CT molecular complexity index is 600. The number of benzene rings is 2. The van der Waals surface area contributed by atoms with Gasteiger partial charge in [0.15, 0.2) is 0 Å². The van der Waals surface area contributed by atoms with Gasteiger partial charge in [-0.25, -0.2) is 4.79 Å². The molecule has 0 spiro atoms. The molecule has 1 aliphatic rings. The molecular formula is C16H17NO2. The van der Waals surface area contributed by atoms with Crippen LogP contribution in [0.1, 0.15) is 24.3 Å². The predicted octanol–water partition coefficient (Wildman–Crippen LogP) is 3.70. The van der Waals surface area contributed by atoms with Gasteiger partial charge in [-0.2, -0.15) is 0 Å². The Balaban J connectivity index is 1.80. The van der Waals surface area contributed by atoms with E-state index in [4.69, 9.17) is 5.11 Å². The molecule has 0 atom stereocenters. The molecule has 0 aliphatic carbocycles. The van der Waals surface area contributed by atoms with Crippen LogP contribution in [0.5, 0.6) is 0 Å². The number of fused-ring (bicyclic) bond motifs is 1. The van der Waals surface area contributed by atoms with Gasteiger partial charge in [-0.05, 0) is 35.1 Å². The summed E-state index contributed by atoms with van der Waals surface area (Å²) in [5, 5.41) is 11.5. The lowest BCUT2D eigenvalue weighted by atomic mass is 9.88. The molecular weight excluding hydrogens is 238 g/mol. The van der Waals surface area contributed by atoms with Crippen LogP contribution in [0.25, 0.3) is 10.8 Å². The summed E-state index contributed by atoms with van der Waals surface area (Å²) in [5.41, 5.74) is 1.34. The Kier molecular flexibility index (Phi) is 3.11. The van der Waals surface area contributed by atoms with E-state index in [0.29, 0.717) is 19.0 Å². The van der Waals surface area contributed by atoms with Gasteiger partial charge in [0, 0.05) is 13.1 Å². The standard InChI is InChI=1S/C16H17NO2/c18-16(19)17-9-7-13(8-10-17)15-6-5-12-3-1-2-4-14(12)11-15/h1-6,11,13H,7-10H2,(H,18,19). The normalized spacial score (nSPS) is 16.7. The average molecular weight is 255 g/mol. The molecule has 3 rings (SSSR count). The second kappa shape index (κ2) is 4.92. The zero-order chi connectivity index (χ0) is 13.2. The quantitative estimate of drug-likeness (QED) is 0.844. The molecule has 1 N–H and O–H groups in total. The maximum atomic E-state index is 10.9. The van der Waals surface area contributed by atoms with Crippen molar-refractivity contribution in [1.29, 1.82) is 0 Å². The first-order valence-corrected chi connectivity index (χ1v) is 6.70. The minimum absolute atomic E-state index is 0.486. The van der Waals surface area contributed by atoms with Crippen molar-refractivity contribution in [1.82, 2.24) is 4.90 Å². The highest BCUT2D eigenvalue weighted by atomic mass is 16.4. The summed E-state index contributed by atoms with van der Waals surface area (Å²) in [6.45, 7) is 1.29. The lowest BCUT2D eigenvalue weighted by molar-refractivity contribution is 0.132. The maximum absolute atomic E-state index is 10.9. The van der Waals surface area contributed by atoms with Crippen LogP contribution >= 0.6 is 0 Å². The Morgan fingerprint density at radius 2 is 1.74 bits per heavy atom. The lowest BCUT2D eigenvalue weighted by Crippen LogP contribution is -2.36.